The summed E-state index contributed by atoms with van der Waals surface area (Å²) in [6, 6.07) is 0.218. The normalized spacial score (nSPS) is 30.6. The summed E-state index contributed by atoms with van der Waals surface area (Å²) in [5.74, 6) is 0.878. The number of carbonyl (C=O) groups is 2. The molecule has 4 atom stereocenters. The molecule has 0 aromatic carbocycles. The zero-order valence-electron chi connectivity index (χ0n) is 16.0. The third-order valence-corrected chi connectivity index (χ3v) is 6.10. The van der Waals surface area contributed by atoms with Crippen LogP contribution in [0.15, 0.2) is 18.6 Å². The number of hydrogen-bond acceptors (Lipinski definition) is 6. The molecule has 0 saturated carbocycles. The van der Waals surface area contributed by atoms with Gasteiger partial charge < -0.3 is 9.80 Å². The van der Waals surface area contributed by atoms with Crippen LogP contribution >= 0.6 is 0 Å². The Labute approximate surface area is 159 Å². The highest BCUT2D eigenvalue weighted by molar-refractivity contribution is 5.92. The number of hydrazine groups is 1. The van der Waals surface area contributed by atoms with Crippen molar-refractivity contribution in [1.82, 2.24) is 30.6 Å². The molecule has 1 aromatic heterocycles. The van der Waals surface area contributed by atoms with E-state index in [0.29, 0.717) is 36.7 Å². The molecule has 4 fully saturated rings. The first-order chi connectivity index (χ1) is 13.0. The van der Waals surface area contributed by atoms with E-state index in [-0.39, 0.29) is 23.9 Å². The van der Waals surface area contributed by atoms with Crippen LogP contribution < -0.4 is 10.9 Å². The molecule has 5 heterocycles. The van der Waals surface area contributed by atoms with Gasteiger partial charge in [0, 0.05) is 44.1 Å². The van der Waals surface area contributed by atoms with E-state index >= 15 is 0 Å². The quantitative estimate of drug-likeness (QED) is 0.800. The number of nitrogens with one attached hydrogen (secondary N) is 2. The molecule has 1 aromatic rings. The number of hydrogen-bond donors (Lipinski definition) is 2. The second-order valence-corrected chi connectivity index (χ2v) is 8.32. The van der Waals surface area contributed by atoms with Gasteiger partial charge in [0.25, 0.3) is 5.91 Å². The van der Waals surface area contributed by atoms with Crippen molar-refractivity contribution in [3.05, 3.63) is 24.3 Å². The van der Waals surface area contributed by atoms with Gasteiger partial charge in [-0.1, -0.05) is 13.8 Å². The largest absolute Gasteiger partial charge is 0.336 e. The predicted molar refractivity (Wildman–Crippen MR) is 99.5 cm³/mol. The summed E-state index contributed by atoms with van der Waals surface area (Å²) < 4.78 is 0. The zero-order valence-corrected chi connectivity index (χ0v) is 16.0. The van der Waals surface area contributed by atoms with Crippen LogP contribution in [0, 0.1) is 11.8 Å². The fourth-order valence-corrected chi connectivity index (χ4v) is 4.47. The van der Waals surface area contributed by atoms with E-state index in [1.807, 2.05) is 9.80 Å². The molecule has 2 amide bonds. The molecule has 0 radical (unpaired) electrons. The smallest absolute Gasteiger partial charge is 0.274 e. The fourth-order valence-electron chi connectivity index (χ4n) is 4.47. The SMILES string of the molecule is CC(C)C1CC(C(=O)N2C[C@H]3CC[C@@H]2CN(C(=O)c2cnccn2)C3)NN1. The molecule has 2 bridgehead atoms. The minimum absolute atomic E-state index is 0.0803. The van der Waals surface area contributed by atoms with E-state index in [1.165, 1.54) is 6.20 Å². The summed E-state index contributed by atoms with van der Waals surface area (Å²) in [5, 5.41) is 0. The van der Waals surface area contributed by atoms with Crippen LogP contribution in [-0.2, 0) is 4.79 Å². The Morgan fingerprint density at radius 2 is 2.00 bits per heavy atom. The highest BCUT2D eigenvalue weighted by Crippen LogP contribution is 2.30. The Morgan fingerprint density at radius 1 is 1.15 bits per heavy atom. The van der Waals surface area contributed by atoms with Crippen LogP contribution in [0.4, 0.5) is 0 Å². The van der Waals surface area contributed by atoms with Crippen molar-refractivity contribution in [3.63, 3.8) is 0 Å². The molecule has 0 spiro atoms. The number of rotatable bonds is 3. The Balaban J connectivity index is 1.45. The lowest BCUT2D eigenvalue weighted by molar-refractivity contribution is -0.137. The molecular weight excluding hydrogens is 344 g/mol. The van der Waals surface area contributed by atoms with E-state index in [1.54, 1.807) is 12.4 Å². The van der Waals surface area contributed by atoms with E-state index < -0.39 is 0 Å². The van der Waals surface area contributed by atoms with Crippen LogP contribution in [0.3, 0.4) is 0 Å². The van der Waals surface area contributed by atoms with E-state index in [2.05, 4.69) is 34.7 Å². The number of piperidine rings is 1. The summed E-state index contributed by atoms with van der Waals surface area (Å²) in [6.07, 6.45) is 7.44. The Morgan fingerprint density at radius 3 is 2.70 bits per heavy atom. The maximum atomic E-state index is 13.2. The third kappa shape index (κ3) is 3.68. The van der Waals surface area contributed by atoms with Gasteiger partial charge in [-0.25, -0.2) is 10.4 Å². The van der Waals surface area contributed by atoms with Crippen molar-refractivity contribution < 1.29 is 9.59 Å². The van der Waals surface area contributed by atoms with Gasteiger partial charge in [0.05, 0.1) is 6.20 Å². The number of nitrogens with zero attached hydrogens (tertiary/aromatic N) is 4. The van der Waals surface area contributed by atoms with Crippen molar-refractivity contribution in [2.24, 2.45) is 11.8 Å². The zero-order chi connectivity index (χ0) is 19.0. The lowest BCUT2D eigenvalue weighted by Gasteiger charge is -2.37. The van der Waals surface area contributed by atoms with E-state index in [9.17, 15) is 9.59 Å². The minimum Gasteiger partial charge on any atom is -0.336 e. The van der Waals surface area contributed by atoms with Gasteiger partial charge in [0.1, 0.15) is 11.7 Å². The van der Waals surface area contributed by atoms with Crippen molar-refractivity contribution in [1.29, 1.82) is 0 Å². The van der Waals surface area contributed by atoms with Gasteiger partial charge in [0.15, 0.2) is 0 Å². The molecule has 27 heavy (non-hydrogen) atoms. The molecule has 146 valence electrons. The topological polar surface area (TPSA) is 90.5 Å². The first-order valence-corrected chi connectivity index (χ1v) is 9.89. The van der Waals surface area contributed by atoms with Gasteiger partial charge >= 0.3 is 0 Å². The summed E-state index contributed by atoms with van der Waals surface area (Å²) in [4.78, 5) is 38.0. The van der Waals surface area contributed by atoms with E-state index in [4.69, 9.17) is 0 Å². The fraction of sp³-hybridized carbons (Fsp3) is 0.684. The van der Waals surface area contributed by atoms with Gasteiger partial charge in [-0.05, 0) is 31.1 Å². The molecule has 8 heteroatoms. The van der Waals surface area contributed by atoms with E-state index in [0.717, 1.165) is 25.8 Å². The van der Waals surface area contributed by atoms with Crippen LogP contribution in [0.2, 0.25) is 0 Å². The average Bonchev–Trinajstić information content (AvgIpc) is 3.01. The lowest BCUT2D eigenvalue weighted by atomic mass is 9.93. The highest BCUT2D eigenvalue weighted by Gasteiger charge is 2.42. The Bertz CT molecular complexity index is 697. The molecule has 5 rings (SSSR count). The van der Waals surface area contributed by atoms with Crippen LogP contribution in [0.5, 0.6) is 0 Å². The number of aromatic nitrogens is 2. The van der Waals surface area contributed by atoms with Crippen molar-refractivity contribution in [2.75, 3.05) is 19.6 Å². The minimum atomic E-state index is -0.180. The summed E-state index contributed by atoms with van der Waals surface area (Å²) in [7, 11) is 0. The van der Waals surface area contributed by atoms with Crippen molar-refractivity contribution in [2.45, 2.75) is 51.2 Å². The van der Waals surface area contributed by atoms with Crippen LogP contribution in [-0.4, -0.2) is 69.3 Å². The first kappa shape index (κ1) is 18.3. The second-order valence-electron chi connectivity index (χ2n) is 8.32. The second kappa shape index (κ2) is 7.52. The van der Waals surface area contributed by atoms with Crippen molar-refractivity contribution in [3.8, 4) is 0 Å². The van der Waals surface area contributed by atoms with Crippen LogP contribution in [0.25, 0.3) is 0 Å². The van der Waals surface area contributed by atoms with Gasteiger partial charge in [-0.3, -0.25) is 20.0 Å². The molecular formula is C19H28N6O2. The summed E-state index contributed by atoms with van der Waals surface area (Å²) >= 11 is 0. The Hall–Kier alpha value is -2.06. The average molecular weight is 372 g/mol. The molecule has 4 aliphatic heterocycles. The van der Waals surface area contributed by atoms with Crippen LogP contribution in [0.1, 0.15) is 43.6 Å². The van der Waals surface area contributed by atoms with Crippen molar-refractivity contribution >= 4 is 11.8 Å². The number of carbonyl (C=O) groups excluding carboxylic acids is 2. The molecule has 2 unspecified atom stereocenters. The Kier molecular flexibility index (Phi) is 5.10. The molecule has 8 nitrogen and oxygen atoms in total. The highest BCUT2D eigenvalue weighted by atomic mass is 16.2. The monoisotopic (exact) mass is 372 g/mol. The maximum absolute atomic E-state index is 13.2. The third-order valence-electron chi connectivity index (χ3n) is 6.10. The molecule has 0 aliphatic carbocycles. The van der Waals surface area contributed by atoms with Gasteiger partial charge in [-0.2, -0.15) is 0 Å². The molecule has 2 N–H and O–H groups in total. The first-order valence-electron chi connectivity index (χ1n) is 9.89. The van der Waals surface area contributed by atoms with Gasteiger partial charge in [0.2, 0.25) is 5.91 Å². The molecule has 4 saturated heterocycles. The standard InChI is InChI=1S/C19H28N6O2/c1-12(2)15-7-16(23-22-15)19(27)25-10-13-3-4-14(25)11-24(9-13)18(26)17-8-20-5-6-21-17/h5-6,8,12-16,22-23H,3-4,7,9-11H2,1-2H3/t13-,14+,15?,16?/m0/s1. The number of fused-ring (bicyclic) bond motifs is 4. The predicted octanol–water partition coefficient (Wildman–Crippen LogP) is 0.431. The number of amides is 2. The lowest BCUT2D eigenvalue weighted by Crippen LogP contribution is -2.53. The maximum Gasteiger partial charge on any atom is 0.274 e. The summed E-state index contributed by atoms with van der Waals surface area (Å²) in [5.41, 5.74) is 6.82. The molecule has 4 aliphatic rings. The summed E-state index contributed by atoms with van der Waals surface area (Å²) in [6.45, 7) is 6.32. The van der Waals surface area contributed by atoms with Gasteiger partial charge in [-0.15, -0.1) is 0 Å².